The van der Waals surface area contributed by atoms with Gasteiger partial charge in [-0.1, -0.05) is 6.07 Å². The predicted octanol–water partition coefficient (Wildman–Crippen LogP) is 4.32. The summed E-state index contributed by atoms with van der Waals surface area (Å²) in [4.78, 5) is 0. The molecule has 0 bridgehead atoms. The first-order chi connectivity index (χ1) is 7.25. The molecule has 1 aromatic carbocycles. The minimum absolute atomic E-state index is 0.638. The minimum atomic E-state index is 0.638. The molecule has 4 heteroatoms. The largest absolute Gasteiger partial charge is 0.383 e. The van der Waals surface area contributed by atoms with Crippen molar-refractivity contribution < 1.29 is 0 Å². The Hall–Kier alpha value is -0.530. The maximum absolute atomic E-state index is 8.39. The van der Waals surface area contributed by atoms with Gasteiger partial charge in [0.15, 0.2) is 0 Å². The van der Waals surface area contributed by atoms with E-state index in [1.165, 1.54) is 0 Å². The van der Waals surface area contributed by atoms with Gasteiger partial charge in [0.25, 0.3) is 0 Å². The molecule has 0 spiro atoms. The number of unbranched alkanes of at least 4 members (excludes halogenated alkanes) is 2. The molecular formula is C11H12Br2N2. The lowest BCUT2D eigenvalue weighted by atomic mass is 10.2. The fourth-order valence-electron chi connectivity index (χ4n) is 1.21. The summed E-state index contributed by atoms with van der Waals surface area (Å²) in [5.74, 6) is 0. The van der Waals surface area contributed by atoms with Gasteiger partial charge in [0, 0.05) is 21.9 Å². The van der Waals surface area contributed by atoms with Crippen LogP contribution in [-0.2, 0) is 0 Å². The fraction of sp³-hybridized carbons (Fsp3) is 0.364. The van der Waals surface area contributed by atoms with E-state index < -0.39 is 0 Å². The van der Waals surface area contributed by atoms with Crippen LogP contribution in [0.15, 0.2) is 27.1 Å². The standard InChI is InChI=1S/C11H12Br2N2/c12-9-5-4-6-10(13)11(9)15-8-3-1-2-7-14/h4-6,15H,1-3,8H2. The maximum Gasteiger partial charge on any atom is 0.0628 e. The molecule has 0 radical (unpaired) electrons. The highest BCUT2D eigenvalue weighted by atomic mass is 79.9. The predicted molar refractivity (Wildman–Crippen MR) is 69.8 cm³/mol. The van der Waals surface area contributed by atoms with Crippen molar-refractivity contribution in [3.05, 3.63) is 27.1 Å². The Morgan fingerprint density at radius 2 is 1.87 bits per heavy atom. The maximum atomic E-state index is 8.39. The summed E-state index contributed by atoms with van der Waals surface area (Å²) in [6.45, 7) is 0.892. The number of hydrogen-bond donors (Lipinski definition) is 1. The van der Waals surface area contributed by atoms with Crippen LogP contribution in [0.25, 0.3) is 0 Å². The molecule has 0 unspecified atom stereocenters. The normalized spacial score (nSPS) is 9.67. The molecule has 0 saturated heterocycles. The second-order valence-corrected chi connectivity index (χ2v) is 4.85. The van der Waals surface area contributed by atoms with Gasteiger partial charge in [-0.2, -0.15) is 5.26 Å². The second kappa shape index (κ2) is 6.86. The first-order valence-corrected chi connectivity index (χ1v) is 6.39. The Morgan fingerprint density at radius 3 is 2.47 bits per heavy atom. The molecule has 2 nitrogen and oxygen atoms in total. The third kappa shape index (κ3) is 4.23. The number of benzene rings is 1. The first kappa shape index (κ1) is 12.5. The Kier molecular flexibility index (Phi) is 5.74. The minimum Gasteiger partial charge on any atom is -0.383 e. The number of rotatable bonds is 5. The number of nitriles is 1. The zero-order chi connectivity index (χ0) is 11.1. The van der Waals surface area contributed by atoms with Gasteiger partial charge >= 0.3 is 0 Å². The number of para-hydroxylation sites is 1. The topological polar surface area (TPSA) is 35.8 Å². The summed E-state index contributed by atoms with van der Waals surface area (Å²) in [6.07, 6.45) is 2.60. The molecular weight excluding hydrogens is 320 g/mol. The van der Waals surface area contributed by atoms with Crippen molar-refractivity contribution in [2.24, 2.45) is 0 Å². The van der Waals surface area contributed by atoms with Crippen molar-refractivity contribution in [1.82, 2.24) is 0 Å². The van der Waals surface area contributed by atoms with Crippen molar-refractivity contribution in [3.63, 3.8) is 0 Å². The Morgan fingerprint density at radius 1 is 1.20 bits per heavy atom. The second-order valence-electron chi connectivity index (χ2n) is 3.14. The molecule has 0 aliphatic heterocycles. The molecule has 0 aliphatic carbocycles. The van der Waals surface area contributed by atoms with Crippen molar-refractivity contribution in [1.29, 1.82) is 5.26 Å². The van der Waals surface area contributed by atoms with Crippen molar-refractivity contribution in [2.75, 3.05) is 11.9 Å². The number of anilines is 1. The van der Waals surface area contributed by atoms with Crippen LogP contribution < -0.4 is 5.32 Å². The molecule has 1 rings (SSSR count). The van der Waals surface area contributed by atoms with Crippen LogP contribution in [0.1, 0.15) is 19.3 Å². The van der Waals surface area contributed by atoms with Crippen molar-refractivity contribution >= 4 is 37.5 Å². The molecule has 0 fully saturated rings. The summed E-state index contributed by atoms with van der Waals surface area (Å²) in [7, 11) is 0. The van der Waals surface area contributed by atoms with Gasteiger partial charge in [0.2, 0.25) is 0 Å². The summed E-state index contributed by atoms with van der Waals surface area (Å²) in [5, 5.41) is 11.7. The van der Waals surface area contributed by atoms with E-state index in [-0.39, 0.29) is 0 Å². The van der Waals surface area contributed by atoms with Crippen LogP contribution in [-0.4, -0.2) is 6.54 Å². The molecule has 0 aromatic heterocycles. The highest BCUT2D eigenvalue weighted by Crippen LogP contribution is 2.30. The highest BCUT2D eigenvalue weighted by Gasteiger charge is 2.02. The molecule has 0 heterocycles. The monoisotopic (exact) mass is 330 g/mol. The van der Waals surface area contributed by atoms with Crippen LogP contribution in [0.5, 0.6) is 0 Å². The van der Waals surface area contributed by atoms with E-state index in [2.05, 4.69) is 43.2 Å². The molecule has 0 saturated carbocycles. The van der Waals surface area contributed by atoms with Gasteiger partial charge in [-0.15, -0.1) is 0 Å². The van der Waals surface area contributed by atoms with Crippen molar-refractivity contribution in [2.45, 2.75) is 19.3 Å². The Bertz CT molecular complexity index is 338. The van der Waals surface area contributed by atoms with E-state index in [9.17, 15) is 0 Å². The first-order valence-electron chi connectivity index (χ1n) is 4.80. The highest BCUT2D eigenvalue weighted by molar-refractivity contribution is 9.11. The molecule has 0 aliphatic rings. The van der Waals surface area contributed by atoms with Crippen LogP contribution >= 0.6 is 31.9 Å². The lowest BCUT2D eigenvalue weighted by molar-refractivity contribution is 0.784. The lowest BCUT2D eigenvalue weighted by Gasteiger charge is -2.09. The number of nitrogens with zero attached hydrogens (tertiary/aromatic N) is 1. The molecule has 15 heavy (non-hydrogen) atoms. The SMILES string of the molecule is N#CCCCCNc1c(Br)cccc1Br. The zero-order valence-electron chi connectivity index (χ0n) is 8.26. The van der Waals surface area contributed by atoms with Crippen molar-refractivity contribution in [3.8, 4) is 6.07 Å². The third-order valence-electron chi connectivity index (χ3n) is 1.98. The van der Waals surface area contributed by atoms with Gasteiger partial charge in [0.05, 0.1) is 11.8 Å². The summed E-state index contributed by atoms with van der Waals surface area (Å²) in [6, 6.07) is 8.13. The Balaban J connectivity index is 2.41. The number of nitrogens with one attached hydrogen (secondary N) is 1. The van der Waals surface area contributed by atoms with Crippen LogP contribution in [0.4, 0.5) is 5.69 Å². The summed E-state index contributed by atoms with van der Waals surface area (Å²) < 4.78 is 2.11. The van der Waals surface area contributed by atoms with E-state index in [1.807, 2.05) is 18.2 Å². The van der Waals surface area contributed by atoms with E-state index in [0.29, 0.717) is 6.42 Å². The van der Waals surface area contributed by atoms with E-state index in [0.717, 1.165) is 34.0 Å². The van der Waals surface area contributed by atoms with Crippen LogP contribution in [0.3, 0.4) is 0 Å². The fourth-order valence-corrected chi connectivity index (χ4v) is 2.49. The average molecular weight is 332 g/mol. The molecule has 0 atom stereocenters. The van der Waals surface area contributed by atoms with Crippen LogP contribution in [0.2, 0.25) is 0 Å². The molecule has 1 aromatic rings. The van der Waals surface area contributed by atoms with E-state index in [1.54, 1.807) is 0 Å². The molecule has 80 valence electrons. The average Bonchev–Trinajstić information content (AvgIpc) is 2.21. The Labute approximate surface area is 107 Å². The summed E-state index contributed by atoms with van der Waals surface area (Å²) >= 11 is 6.97. The smallest absolute Gasteiger partial charge is 0.0628 e. The van der Waals surface area contributed by atoms with Gasteiger partial charge in [-0.05, 0) is 56.8 Å². The van der Waals surface area contributed by atoms with Gasteiger partial charge in [-0.25, -0.2) is 0 Å². The molecule has 0 amide bonds. The summed E-state index contributed by atoms with van der Waals surface area (Å²) in [5.41, 5.74) is 1.08. The van der Waals surface area contributed by atoms with Gasteiger partial charge in [0.1, 0.15) is 0 Å². The molecule has 1 N–H and O–H groups in total. The zero-order valence-corrected chi connectivity index (χ0v) is 11.4. The van der Waals surface area contributed by atoms with Gasteiger partial charge < -0.3 is 5.32 Å². The third-order valence-corrected chi connectivity index (χ3v) is 3.30. The lowest BCUT2D eigenvalue weighted by Crippen LogP contribution is -2.02. The number of hydrogen-bond acceptors (Lipinski definition) is 2. The van der Waals surface area contributed by atoms with E-state index in [4.69, 9.17) is 5.26 Å². The quantitative estimate of drug-likeness (QED) is 0.816. The van der Waals surface area contributed by atoms with Crippen LogP contribution in [0, 0.1) is 11.3 Å². The van der Waals surface area contributed by atoms with E-state index >= 15 is 0 Å². The number of halogens is 2. The van der Waals surface area contributed by atoms with Gasteiger partial charge in [-0.3, -0.25) is 0 Å².